The highest BCUT2D eigenvalue weighted by Crippen LogP contribution is 2.16. The van der Waals surface area contributed by atoms with Gasteiger partial charge in [-0.3, -0.25) is 14.4 Å². The van der Waals surface area contributed by atoms with Gasteiger partial charge in [0, 0.05) is 6.92 Å². The molecule has 136 valence electrons. The third-order valence-corrected chi connectivity index (χ3v) is 3.08. The van der Waals surface area contributed by atoms with Crippen LogP contribution in [0.15, 0.2) is 30.3 Å². The molecule has 0 fully saturated rings. The number of benzene rings is 1. The number of carboxylic acid groups (broad SMARTS) is 1. The molecule has 0 spiro atoms. The quantitative estimate of drug-likeness (QED) is 0.596. The second-order valence-electron chi connectivity index (χ2n) is 5.69. The van der Waals surface area contributed by atoms with E-state index in [4.69, 9.17) is 9.84 Å². The van der Waals surface area contributed by atoms with E-state index in [-0.39, 0.29) is 6.10 Å². The smallest absolute Gasteiger partial charge is 0.333 e. The second-order valence-corrected chi connectivity index (χ2v) is 5.69. The highest BCUT2D eigenvalue weighted by molar-refractivity contribution is 5.93. The summed E-state index contributed by atoms with van der Waals surface area (Å²) in [6.07, 6.45) is -0.993. The molecule has 1 rings (SSSR count). The maximum absolute atomic E-state index is 12.4. The lowest BCUT2D eigenvalue weighted by atomic mass is 10.1. The van der Waals surface area contributed by atoms with Gasteiger partial charge in [-0.1, -0.05) is 30.3 Å². The zero-order valence-electron chi connectivity index (χ0n) is 14.3. The molecule has 0 aliphatic rings. The molecule has 0 bridgehead atoms. The van der Waals surface area contributed by atoms with Crippen LogP contribution >= 0.6 is 0 Å². The van der Waals surface area contributed by atoms with Crippen molar-refractivity contribution in [2.24, 2.45) is 0 Å². The summed E-state index contributed by atoms with van der Waals surface area (Å²) >= 11 is 0. The first-order valence-electron chi connectivity index (χ1n) is 7.75. The molecule has 0 heterocycles. The molecule has 2 atom stereocenters. The molecule has 1 aromatic rings. The van der Waals surface area contributed by atoms with Gasteiger partial charge in [0.05, 0.1) is 12.5 Å². The number of aliphatic carboxylic acids is 1. The van der Waals surface area contributed by atoms with E-state index in [1.165, 1.54) is 6.92 Å². The molecule has 8 nitrogen and oxygen atoms in total. The number of amides is 2. The first-order valence-corrected chi connectivity index (χ1v) is 7.75. The highest BCUT2D eigenvalue weighted by atomic mass is 16.5. The molecule has 0 unspecified atom stereocenters. The fraction of sp³-hybridized carbons (Fsp3) is 0.412. The zero-order valence-corrected chi connectivity index (χ0v) is 14.3. The van der Waals surface area contributed by atoms with E-state index in [0.717, 1.165) is 0 Å². The Labute approximate surface area is 145 Å². The summed E-state index contributed by atoms with van der Waals surface area (Å²) in [7, 11) is 0. The standard InChI is InChI=1S/C17H22N2O6/c1-10(2)25-17(24)15(12-7-5-4-6-8-12)19-16(23)13(9-14(21)22)18-11(3)20/h4-8,10,13,15H,9H2,1-3H3,(H,18,20)(H,19,23)(H,21,22)/t13-,15-/m0/s1. The number of hydrogen-bond acceptors (Lipinski definition) is 5. The number of ether oxygens (including phenoxy) is 1. The third kappa shape index (κ3) is 7.03. The molecule has 0 saturated heterocycles. The average Bonchev–Trinajstić information content (AvgIpc) is 2.50. The summed E-state index contributed by atoms with van der Waals surface area (Å²) < 4.78 is 5.15. The lowest BCUT2D eigenvalue weighted by Gasteiger charge is -2.22. The van der Waals surface area contributed by atoms with Gasteiger partial charge in [-0.15, -0.1) is 0 Å². The fourth-order valence-corrected chi connectivity index (χ4v) is 2.10. The van der Waals surface area contributed by atoms with E-state index >= 15 is 0 Å². The molecule has 0 radical (unpaired) electrons. The molecular weight excluding hydrogens is 328 g/mol. The van der Waals surface area contributed by atoms with Crippen LogP contribution in [0.5, 0.6) is 0 Å². The number of hydrogen-bond donors (Lipinski definition) is 3. The Kier molecular flexibility index (Phi) is 7.58. The van der Waals surface area contributed by atoms with Crippen LogP contribution in [0.1, 0.15) is 38.8 Å². The number of rotatable bonds is 8. The third-order valence-electron chi connectivity index (χ3n) is 3.08. The van der Waals surface area contributed by atoms with Crippen molar-refractivity contribution in [1.29, 1.82) is 0 Å². The Morgan fingerprint density at radius 3 is 2.16 bits per heavy atom. The minimum atomic E-state index is -1.30. The van der Waals surface area contributed by atoms with E-state index < -0.39 is 42.3 Å². The molecule has 0 aliphatic carbocycles. The average molecular weight is 350 g/mol. The van der Waals surface area contributed by atoms with Gasteiger partial charge >= 0.3 is 11.9 Å². The van der Waals surface area contributed by atoms with E-state index in [1.807, 2.05) is 0 Å². The van der Waals surface area contributed by atoms with Crippen LogP contribution in [-0.4, -0.2) is 41.0 Å². The minimum absolute atomic E-state index is 0.388. The number of carboxylic acids is 1. The number of carbonyl (C=O) groups is 4. The summed E-state index contributed by atoms with van der Waals surface area (Å²) in [6, 6.07) is 6.00. The summed E-state index contributed by atoms with van der Waals surface area (Å²) in [5.41, 5.74) is 0.485. The van der Waals surface area contributed by atoms with Crippen molar-refractivity contribution in [3.63, 3.8) is 0 Å². The Bertz CT molecular complexity index is 613. The van der Waals surface area contributed by atoms with Gasteiger partial charge in [-0.05, 0) is 19.4 Å². The maximum Gasteiger partial charge on any atom is 0.333 e. The molecule has 3 N–H and O–H groups in total. The molecule has 1 aromatic carbocycles. The Morgan fingerprint density at radius 1 is 1.08 bits per heavy atom. The van der Waals surface area contributed by atoms with Crippen molar-refractivity contribution in [2.75, 3.05) is 0 Å². The lowest BCUT2D eigenvalue weighted by molar-refractivity contribution is -0.152. The Balaban J connectivity index is 3.01. The number of carbonyl (C=O) groups excluding carboxylic acids is 3. The summed E-state index contributed by atoms with van der Waals surface area (Å²) in [5.74, 6) is -3.27. The predicted octanol–water partition coefficient (Wildman–Crippen LogP) is 0.775. The topological polar surface area (TPSA) is 122 Å². The number of esters is 1. The van der Waals surface area contributed by atoms with Crippen molar-refractivity contribution in [1.82, 2.24) is 10.6 Å². The summed E-state index contributed by atoms with van der Waals surface area (Å²) in [5, 5.41) is 13.6. The van der Waals surface area contributed by atoms with Crippen LogP contribution in [0.2, 0.25) is 0 Å². The van der Waals surface area contributed by atoms with Crippen LogP contribution in [0.4, 0.5) is 0 Å². The normalized spacial score (nSPS) is 12.8. The van der Waals surface area contributed by atoms with Crippen LogP contribution in [0.25, 0.3) is 0 Å². The van der Waals surface area contributed by atoms with Gasteiger partial charge in [0.1, 0.15) is 6.04 Å². The minimum Gasteiger partial charge on any atom is -0.481 e. The van der Waals surface area contributed by atoms with Crippen LogP contribution in [0, 0.1) is 0 Å². The second kappa shape index (κ2) is 9.41. The van der Waals surface area contributed by atoms with Gasteiger partial charge in [0.25, 0.3) is 0 Å². The van der Waals surface area contributed by atoms with Crippen LogP contribution in [-0.2, 0) is 23.9 Å². The van der Waals surface area contributed by atoms with Gasteiger partial charge in [-0.25, -0.2) is 4.79 Å². The van der Waals surface area contributed by atoms with Gasteiger partial charge < -0.3 is 20.5 Å². The van der Waals surface area contributed by atoms with Gasteiger partial charge in [0.15, 0.2) is 6.04 Å². The number of nitrogens with one attached hydrogen (secondary N) is 2. The maximum atomic E-state index is 12.4. The molecular formula is C17H22N2O6. The van der Waals surface area contributed by atoms with Gasteiger partial charge in [-0.2, -0.15) is 0 Å². The molecule has 8 heteroatoms. The Morgan fingerprint density at radius 2 is 1.68 bits per heavy atom. The fourth-order valence-electron chi connectivity index (χ4n) is 2.10. The van der Waals surface area contributed by atoms with Crippen molar-refractivity contribution in [3.8, 4) is 0 Å². The highest BCUT2D eigenvalue weighted by Gasteiger charge is 2.30. The summed E-state index contributed by atoms with van der Waals surface area (Å²) in [6.45, 7) is 4.52. The van der Waals surface area contributed by atoms with Gasteiger partial charge in [0.2, 0.25) is 11.8 Å². The van der Waals surface area contributed by atoms with Crippen LogP contribution < -0.4 is 10.6 Å². The van der Waals surface area contributed by atoms with Crippen molar-refractivity contribution < 1.29 is 29.0 Å². The SMILES string of the molecule is CC(=O)N[C@@H](CC(=O)O)C(=O)N[C@H](C(=O)OC(C)C)c1ccccc1. The summed E-state index contributed by atoms with van der Waals surface area (Å²) in [4.78, 5) is 46.8. The monoisotopic (exact) mass is 350 g/mol. The van der Waals surface area contributed by atoms with E-state index in [1.54, 1.807) is 44.2 Å². The van der Waals surface area contributed by atoms with E-state index in [2.05, 4.69) is 10.6 Å². The molecule has 0 aliphatic heterocycles. The van der Waals surface area contributed by atoms with Crippen molar-refractivity contribution >= 4 is 23.8 Å². The lowest BCUT2D eigenvalue weighted by Crippen LogP contribution is -2.49. The first kappa shape index (κ1) is 20.1. The molecule has 25 heavy (non-hydrogen) atoms. The zero-order chi connectivity index (χ0) is 19.0. The Hall–Kier alpha value is -2.90. The van der Waals surface area contributed by atoms with Crippen molar-refractivity contribution in [3.05, 3.63) is 35.9 Å². The van der Waals surface area contributed by atoms with Crippen LogP contribution in [0.3, 0.4) is 0 Å². The van der Waals surface area contributed by atoms with E-state index in [9.17, 15) is 19.2 Å². The molecule has 0 saturated carbocycles. The first-order chi connectivity index (χ1) is 11.7. The predicted molar refractivity (Wildman–Crippen MR) is 88.4 cm³/mol. The van der Waals surface area contributed by atoms with E-state index in [0.29, 0.717) is 5.56 Å². The largest absolute Gasteiger partial charge is 0.481 e. The molecule has 0 aromatic heterocycles. The van der Waals surface area contributed by atoms with Crippen molar-refractivity contribution in [2.45, 2.75) is 45.4 Å². The molecule has 2 amide bonds.